The Morgan fingerprint density at radius 2 is 1.85 bits per heavy atom. The molecule has 0 bridgehead atoms. The number of rotatable bonds is 3. The van der Waals surface area contributed by atoms with Gasteiger partial charge in [0, 0.05) is 32.4 Å². The Hall–Kier alpha value is -2.96. The second-order valence-electron chi connectivity index (χ2n) is 6.45. The van der Waals surface area contributed by atoms with Crippen LogP contribution in [0.5, 0.6) is 0 Å². The molecule has 1 aromatic carbocycles. The van der Waals surface area contributed by atoms with E-state index in [2.05, 4.69) is 15.1 Å². The van der Waals surface area contributed by atoms with Gasteiger partial charge in [-0.2, -0.15) is 0 Å². The summed E-state index contributed by atoms with van der Waals surface area (Å²) in [5, 5.41) is 8.51. The summed E-state index contributed by atoms with van der Waals surface area (Å²) in [6.45, 7) is 2.90. The maximum absolute atomic E-state index is 13.0. The normalized spacial score (nSPS) is 15.3. The van der Waals surface area contributed by atoms with Crippen molar-refractivity contribution in [1.82, 2.24) is 19.5 Å². The Bertz CT molecular complexity index is 908. The van der Waals surface area contributed by atoms with E-state index in [9.17, 15) is 9.18 Å². The maximum atomic E-state index is 13.0. The molecule has 7 heteroatoms. The second kappa shape index (κ2) is 7.11. The number of hydrogen-bond donors (Lipinski definition) is 0. The van der Waals surface area contributed by atoms with Crippen molar-refractivity contribution in [2.75, 3.05) is 31.1 Å². The molecule has 1 saturated heterocycles. The lowest BCUT2D eigenvalue weighted by molar-refractivity contribution is -0.130. The van der Waals surface area contributed by atoms with Crippen LogP contribution in [0.1, 0.15) is 12.0 Å². The second-order valence-corrected chi connectivity index (χ2v) is 6.45. The van der Waals surface area contributed by atoms with Crippen LogP contribution >= 0.6 is 0 Å². The summed E-state index contributed by atoms with van der Waals surface area (Å²) in [5.41, 5.74) is 1.65. The van der Waals surface area contributed by atoms with Gasteiger partial charge in [-0.15, -0.1) is 10.2 Å². The summed E-state index contributed by atoms with van der Waals surface area (Å²) < 4.78 is 15.0. The van der Waals surface area contributed by atoms with Gasteiger partial charge in [-0.25, -0.2) is 4.39 Å². The van der Waals surface area contributed by atoms with E-state index in [1.807, 2.05) is 33.7 Å². The number of hydrogen-bond acceptors (Lipinski definition) is 4. The molecule has 0 aliphatic carbocycles. The van der Waals surface area contributed by atoms with Gasteiger partial charge < -0.3 is 9.80 Å². The molecule has 0 unspecified atom stereocenters. The first-order chi connectivity index (χ1) is 12.7. The third-order valence-electron chi connectivity index (χ3n) is 4.70. The number of aromatic nitrogens is 3. The quantitative estimate of drug-likeness (QED) is 0.724. The van der Waals surface area contributed by atoms with E-state index >= 15 is 0 Å². The molecular weight excluding hydrogens is 333 g/mol. The Labute approximate surface area is 150 Å². The summed E-state index contributed by atoms with van der Waals surface area (Å²) in [6.07, 6.45) is 3.12. The first-order valence-electron chi connectivity index (χ1n) is 8.78. The zero-order chi connectivity index (χ0) is 17.9. The molecule has 0 radical (unpaired) electrons. The number of pyridine rings is 1. The Morgan fingerprint density at radius 3 is 2.69 bits per heavy atom. The highest BCUT2D eigenvalue weighted by Gasteiger charge is 2.22. The molecule has 1 aliphatic rings. The van der Waals surface area contributed by atoms with Crippen molar-refractivity contribution in [2.45, 2.75) is 12.8 Å². The average Bonchev–Trinajstić information content (AvgIpc) is 2.93. The van der Waals surface area contributed by atoms with Crippen LogP contribution in [0.15, 0.2) is 48.7 Å². The molecule has 1 fully saturated rings. The van der Waals surface area contributed by atoms with Crippen molar-refractivity contribution in [3.63, 3.8) is 0 Å². The third-order valence-corrected chi connectivity index (χ3v) is 4.70. The van der Waals surface area contributed by atoms with Gasteiger partial charge >= 0.3 is 0 Å². The summed E-state index contributed by atoms with van der Waals surface area (Å²) in [5.74, 6) is 0.602. The molecule has 3 heterocycles. The fraction of sp³-hybridized carbons (Fsp3) is 0.316. The minimum absolute atomic E-state index is 0.0737. The van der Waals surface area contributed by atoms with Crippen LogP contribution in [0.4, 0.5) is 10.3 Å². The third kappa shape index (κ3) is 3.37. The van der Waals surface area contributed by atoms with Gasteiger partial charge in [0.1, 0.15) is 5.82 Å². The minimum Gasteiger partial charge on any atom is -0.341 e. The van der Waals surface area contributed by atoms with Crippen molar-refractivity contribution in [3.05, 3.63) is 60.0 Å². The number of halogens is 1. The van der Waals surface area contributed by atoms with Crippen molar-refractivity contribution in [2.24, 2.45) is 0 Å². The fourth-order valence-electron chi connectivity index (χ4n) is 3.30. The summed E-state index contributed by atoms with van der Waals surface area (Å²) in [7, 11) is 0. The van der Waals surface area contributed by atoms with E-state index in [-0.39, 0.29) is 11.7 Å². The lowest BCUT2D eigenvalue weighted by atomic mass is 10.1. The smallest absolute Gasteiger partial charge is 0.231 e. The molecule has 2 aromatic heterocycles. The fourth-order valence-corrected chi connectivity index (χ4v) is 3.30. The predicted molar refractivity (Wildman–Crippen MR) is 96.5 cm³/mol. The average molecular weight is 353 g/mol. The minimum atomic E-state index is -0.285. The Kier molecular flexibility index (Phi) is 4.51. The molecule has 4 rings (SSSR count). The van der Waals surface area contributed by atoms with Gasteiger partial charge in [-0.3, -0.25) is 9.20 Å². The molecule has 0 N–H and O–H groups in total. The molecule has 3 aromatic rings. The highest BCUT2D eigenvalue weighted by molar-refractivity contribution is 5.78. The molecule has 0 atom stereocenters. The van der Waals surface area contributed by atoms with Gasteiger partial charge in [0.25, 0.3) is 0 Å². The number of carbonyl (C=O) groups is 1. The molecule has 0 saturated carbocycles. The Morgan fingerprint density at radius 1 is 1.00 bits per heavy atom. The number of anilines is 1. The SMILES string of the molecule is O=C(Cc1ccc(F)cc1)N1CCCN(c2nnc3ccccn23)CC1. The molecule has 26 heavy (non-hydrogen) atoms. The summed E-state index contributed by atoms with van der Waals surface area (Å²) >= 11 is 0. The maximum Gasteiger partial charge on any atom is 0.231 e. The number of nitrogens with zero attached hydrogens (tertiary/aromatic N) is 5. The van der Waals surface area contributed by atoms with E-state index in [1.165, 1.54) is 12.1 Å². The first kappa shape index (κ1) is 16.5. The van der Waals surface area contributed by atoms with Gasteiger partial charge in [0.05, 0.1) is 6.42 Å². The van der Waals surface area contributed by atoms with E-state index in [0.717, 1.165) is 30.1 Å². The zero-order valence-corrected chi connectivity index (χ0v) is 14.4. The van der Waals surface area contributed by atoms with E-state index in [1.54, 1.807) is 12.1 Å². The van der Waals surface area contributed by atoms with Crippen LogP contribution in [0.3, 0.4) is 0 Å². The molecular formula is C19H20FN5O. The van der Waals surface area contributed by atoms with Crippen LogP contribution in [-0.2, 0) is 11.2 Å². The molecule has 1 aliphatic heterocycles. The van der Waals surface area contributed by atoms with E-state index in [0.29, 0.717) is 26.1 Å². The number of amides is 1. The molecule has 1 amide bonds. The lowest BCUT2D eigenvalue weighted by Crippen LogP contribution is -2.36. The molecule has 6 nitrogen and oxygen atoms in total. The number of benzene rings is 1. The number of carbonyl (C=O) groups excluding carboxylic acids is 1. The molecule has 0 spiro atoms. The van der Waals surface area contributed by atoms with Crippen molar-refractivity contribution in [3.8, 4) is 0 Å². The zero-order valence-electron chi connectivity index (χ0n) is 14.4. The van der Waals surface area contributed by atoms with Gasteiger partial charge in [0.2, 0.25) is 11.9 Å². The van der Waals surface area contributed by atoms with Gasteiger partial charge in [0.15, 0.2) is 5.65 Å². The van der Waals surface area contributed by atoms with Crippen LogP contribution in [0.25, 0.3) is 5.65 Å². The van der Waals surface area contributed by atoms with Gasteiger partial charge in [-0.1, -0.05) is 18.2 Å². The van der Waals surface area contributed by atoms with Gasteiger partial charge in [-0.05, 0) is 36.2 Å². The largest absolute Gasteiger partial charge is 0.341 e. The van der Waals surface area contributed by atoms with Crippen LogP contribution in [0.2, 0.25) is 0 Å². The van der Waals surface area contributed by atoms with Crippen molar-refractivity contribution < 1.29 is 9.18 Å². The monoisotopic (exact) mass is 353 g/mol. The highest BCUT2D eigenvalue weighted by Crippen LogP contribution is 2.16. The van der Waals surface area contributed by atoms with Crippen LogP contribution < -0.4 is 4.90 Å². The lowest BCUT2D eigenvalue weighted by Gasteiger charge is -2.22. The van der Waals surface area contributed by atoms with E-state index < -0.39 is 0 Å². The van der Waals surface area contributed by atoms with Crippen molar-refractivity contribution >= 4 is 17.5 Å². The Balaban J connectivity index is 1.43. The highest BCUT2D eigenvalue weighted by atomic mass is 19.1. The summed E-state index contributed by atoms with van der Waals surface area (Å²) in [6, 6.07) is 11.9. The topological polar surface area (TPSA) is 53.7 Å². The van der Waals surface area contributed by atoms with Crippen LogP contribution in [-0.4, -0.2) is 51.6 Å². The van der Waals surface area contributed by atoms with Crippen LogP contribution in [0, 0.1) is 5.82 Å². The number of fused-ring (bicyclic) bond motifs is 1. The molecule has 134 valence electrons. The predicted octanol–water partition coefficient (Wildman–Crippen LogP) is 2.15. The standard InChI is InChI=1S/C19H20FN5O/c20-16-7-5-15(6-8-16)14-18(26)23-9-3-10-24(13-12-23)19-22-21-17-4-1-2-11-25(17)19/h1-2,4-8,11H,3,9-10,12-14H2. The summed E-state index contributed by atoms with van der Waals surface area (Å²) in [4.78, 5) is 16.6. The van der Waals surface area contributed by atoms with Crippen molar-refractivity contribution in [1.29, 1.82) is 0 Å². The van der Waals surface area contributed by atoms with E-state index in [4.69, 9.17) is 0 Å². The first-order valence-corrected chi connectivity index (χ1v) is 8.78.